The van der Waals surface area contributed by atoms with Gasteiger partial charge in [0.1, 0.15) is 0 Å². The van der Waals surface area contributed by atoms with Crippen LogP contribution in [0.3, 0.4) is 0 Å². The SMILES string of the molecule is CCCOc1ccc(C(=O)NNC(=O)c2cccc(CN3C(=O)c4ccccc4C3=O)c2)cc1OC. The van der Waals surface area contributed by atoms with Crippen molar-refractivity contribution < 1.29 is 28.7 Å². The quantitative estimate of drug-likeness (QED) is 0.372. The Hall–Kier alpha value is -4.66. The Morgan fingerprint density at radius 1 is 0.806 bits per heavy atom. The van der Waals surface area contributed by atoms with E-state index >= 15 is 0 Å². The molecule has 0 saturated carbocycles. The largest absolute Gasteiger partial charge is 0.493 e. The zero-order valence-electron chi connectivity index (χ0n) is 19.9. The van der Waals surface area contributed by atoms with Crippen LogP contribution in [0.25, 0.3) is 0 Å². The average Bonchev–Trinajstić information content (AvgIpc) is 3.15. The second kappa shape index (κ2) is 10.7. The van der Waals surface area contributed by atoms with Crippen LogP contribution < -0.4 is 20.3 Å². The minimum absolute atomic E-state index is 0.0199. The molecule has 0 atom stereocenters. The van der Waals surface area contributed by atoms with E-state index in [2.05, 4.69) is 10.9 Å². The van der Waals surface area contributed by atoms with E-state index in [-0.39, 0.29) is 29.5 Å². The molecule has 184 valence electrons. The Morgan fingerprint density at radius 2 is 1.44 bits per heavy atom. The first-order chi connectivity index (χ1) is 17.4. The van der Waals surface area contributed by atoms with Crippen molar-refractivity contribution in [2.45, 2.75) is 19.9 Å². The van der Waals surface area contributed by atoms with E-state index in [0.29, 0.717) is 34.8 Å². The Bertz CT molecular complexity index is 1300. The van der Waals surface area contributed by atoms with Crippen molar-refractivity contribution in [3.63, 3.8) is 0 Å². The summed E-state index contributed by atoms with van der Waals surface area (Å²) in [5, 5.41) is 0. The number of hydrazine groups is 1. The monoisotopic (exact) mass is 487 g/mol. The molecule has 1 aliphatic heterocycles. The predicted octanol–water partition coefficient (Wildman–Crippen LogP) is 3.36. The number of imide groups is 1. The second-order valence-electron chi connectivity index (χ2n) is 8.06. The molecule has 0 unspecified atom stereocenters. The number of benzene rings is 3. The molecule has 9 heteroatoms. The van der Waals surface area contributed by atoms with E-state index in [1.165, 1.54) is 13.2 Å². The number of hydrogen-bond donors (Lipinski definition) is 2. The molecule has 0 radical (unpaired) electrons. The van der Waals surface area contributed by atoms with Crippen LogP contribution in [0.4, 0.5) is 0 Å². The van der Waals surface area contributed by atoms with E-state index in [1.54, 1.807) is 60.7 Å². The van der Waals surface area contributed by atoms with Gasteiger partial charge in [-0.05, 0) is 54.4 Å². The van der Waals surface area contributed by atoms with Crippen molar-refractivity contribution in [1.82, 2.24) is 15.8 Å². The van der Waals surface area contributed by atoms with Crippen molar-refractivity contribution in [3.05, 3.63) is 94.5 Å². The van der Waals surface area contributed by atoms with Gasteiger partial charge in [0.25, 0.3) is 23.6 Å². The molecular formula is C27H25N3O6. The van der Waals surface area contributed by atoms with Gasteiger partial charge in [0, 0.05) is 11.1 Å². The van der Waals surface area contributed by atoms with Gasteiger partial charge in [-0.3, -0.25) is 34.9 Å². The van der Waals surface area contributed by atoms with Crippen molar-refractivity contribution in [2.24, 2.45) is 0 Å². The molecule has 9 nitrogen and oxygen atoms in total. The highest BCUT2D eigenvalue weighted by Crippen LogP contribution is 2.28. The van der Waals surface area contributed by atoms with E-state index in [0.717, 1.165) is 11.3 Å². The van der Waals surface area contributed by atoms with Gasteiger partial charge in [-0.1, -0.05) is 31.2 Å². The molecule has 0 spiro atoms. The van der Waals surface area contributed by atoms with Gasteiger partial charge >= 0.3 is 0 Å². The molecule has 0 bridgehead atoms. The molecule has 0 saturated heterocycles. The minimum atomic E-state index is -0.553. The summed E-state index contributed by atoms with van der Waals surface area (Å²) in [7, 11) is 1.48. The highest BCUT2D eigenvalue weighted by molar-refractivity contribution is 6.21. The van der Waals surface area contributed by atoms with Crippen LogP contribution >= 0.6 is 0 Å². The number of hydrogen-bond acceptors (Lipinski definition) is 6. The average molecular weight is 488 g/mol. The first-order valence-corrected chi connectivity index (χ1v) is 11.4. The number of amides is 4. The van der Waals surface area contributed by atoms with Crippen LogP contribution in [0, 0.1) is 0 Å². The lowest BCUT2D eigenvalue weighted by atomic mass is 10.1. The van der Waals surface area contributed by atoms with Gasteiger partial charge in [0.15, 0.2) is 11.5 Å². The molecule has 0 fully saturated rings. The smallest absolute Gasteiger partial charge is 0.269 e. The third-order valence-electron chi connectivity index (χ3n) is 5.59. The number of ether oxygens (including phenoxy) is 2. The van der Waals surface area contributed by atoms with E-state index in [9.17, 15) is 19.2 Å². The molecule has 0 aromatic heterocycles. The summed E-state index contributed by atoms with van der Waals surface area (Å²) in [6, 6.07) is 17.9. The van der Waals surface area contributed by atoms with Crippen molar-refractivity contribution in [3.8, 4) is 11.5 Å². The molecule has 3 aromatic carbocycles. The Morgan fingerprint density at radius 3 is 2.06 bits per heavy atom. The predicted molar refractivity (Wildman–Crippen MR) is 131 cm³/mol. The first kappa shape index (κ1) is 24.5. The van der Waals surface area contributed by atoms with Gasteiger partial charge in [-0.2, -0.15) is 0 Å². The van der Waals surface area contributed by atoms with E-state index in [1.807, 2.05) is 6.92 Å². The summed E-state index contributed by atoms with van der Waals surface area (Å²) in [6.07, 6.45) is 0.830. The Balaban J connectivity index is 1.39. The lowest BCUT2D eigenvalue weighted by Crippen LogP contribution is -2.41. The number of nitrogens with one attached hydrogen (secondary N) is 2. The van der Waals surface area contributed by atoms with Gasteiger partial charge in [0.2, 0.25) is 0 Å². The molecule has 2 N–H and O–H groups in total. The number of carbonyl (C=O) groups excluding carboxylic acids is 4. The highest BCUT2D eigenvalue weighted by atomic mass is 16.5. The van der Waals surface area contributed by atoms with Gasteiger partial charge in [0.05, 0.1) is 31.4 Å². The molecule has 36 heavy (non-hydrogen) atoms. The molecular weight excluding hydrogens is 462 g/mol. The van der Waals surface area contributed by atoms with Crippen LogP contribution in [0.2, 0.25) is 0 Å². The summed E-state index contributed by atoms with van der Waals surface area (Å²) in [5.74, 6) is -0.912. The zero-order chi connectivity index (χ0) is 25.7. The van der Waals surface area contributed by atoms with Crippen LogP contribution in [-0.2, 0) is 6.54 Å². The topological polar surface area (TPSA) is 114 Å². The molecule has 0 aliphatic carbocycles. The van der Waals surface area contributed by atoms with Crippen LogP contribution in [0.15, 0.2) is 66.7 Å². The molecule has 4 rings (SSSR count). The lowest BCUT2D eigenvalue weighted by Gasteiger charge is -2.15. The minimum Gasteiger partial charge on any atom is -0.493 e. The second-order valence-corrected chi connectivity index (χ2v) is 8.06. The normalized spacial score (nSPS) is 12.2. The van der Waals surface area contributed by atoms with Gasteiger partial charge < -0.3 is 9.47 Å². The molecule has 1 aliphatic rings. The Labute approximate surface area is 208 Å². The zero-order valence-corrected chi connectivity index (χ0v) is 19.9. The first-order valence-electron chi connectivity index (χ1n) is 11.4. The summed E-state index contributed by atoms with van der Waals surface area (Å²) < 4.78 is 10.9. The third kappa shape index (κ3) is 5.05. The fraction of sp³-hybridized carbons (Fsp3) is 0.185. The number of carbonyl (C=O) groups is 4. The third-order valence-corrected chi connectivity index (χ3v) is 5.59. The molecule has 4 amide bonds. The van der Waals surface area contributed by atoms with Gasteiger partial charge in [-0.25, -0.2) is 0 Å². The van der Waals surface area contributed by atoms with Crippen molar-refractivity contribution in [2.75, 3.05) is 13.7 Å². The van der Waals surface area contributed by atoms with Crippen LogP contribution in [0.1, 0.15) is 60.3 Å². The maximum absolute atomic E-state index is 12.7. The van der Waals surface area contributed by atoms with E-state index < -0.39 is 11.8 Å². The summed E-state index contributed by atoms with van der Waals surface area (Å²) in [6.45, 7) is 2.52. The standard InChI is InChI=1S/C27H25N3O6/c1-3-13-36-22-12-11-19(15-23(22)35-2)25(32)29-28-24(31)18-8-6-7-17(14-18)16-30-26(33)20-9-4-5-10-21(20)27(30)34/h4-12,14-15H,3,13,16H2,1-2H3,(H,28,31)(H,29,32). The highest BCUT2D eigenvalue weighted by Gasteiger charge is 2.35. The van der Waals surface area contributed by atoms with Crippen LogP contribution in [0.5, 0.6) is 11.5 Å². The summed E-state index contributed by atoms with van der Waals surface area (Å²) in [5.41, 5.74) is 6.60. The number of fused-ring (bicyclic) bond motifs is 1. The number of nitrogens with zero attached hydrogens (tertiary/aromatic N) is 1. The van der Waals surface area contributed by atoms with Crippen molar-refractivity contribution in [1.29, 1.82) is 0 Å². The van der Waals surface area contributed by atoms with Crippen LogP contribution in [-0.4, -0.2) is 42.2 Å². The number of methoxy groups -OCH3 is 1. The molecule has 3 aromatic rings. The molecule has 1 heterocycles. The van der Waals surface area contributed by atoms with E-state index in [4.69, 9.17) is 9.47 Å². The fourth-order valence-electron chi connectivity index (χ4n) is 3.77. The summed E-state index contributed by atoms with van der Waals surface area (Å²) in [4.78, 5) is 51.6. The maximum Gasteiger partial charge on any atom is 0.269 e. The summed E-state index contributed by atoms with van der Waals surface area (Å²) >= 11 is 0. The lowest BCUT2D eigenvalue weighted by molar-refractivity contribution is 0.0642. The maximum atomic E-state index is 12.7. The van der Waals surface area contributed by atoms with Crippen molar-refractivity contribution >= 4 is 23.6 Å². The Kier molecular flexibility index (Phi) is 7.29. The van der Waals surface area contributed by atoms with Gasteiger partial charge in [-0.15, -0.1) is 0 Å². The fourth-order valence-corrected chi connectivity index (χ4v) is 3.77. The number of rotatable bonds is 8.